The minimum atomic E-state index is -4.57. The van der Waals surface area contributed by atoms with Crippen LogP contribution in [0.2, 0.25) is 0 Å². The zero-order valence-corrected chi connectivity index (χ0v) is 20.2. The molecule has 0 fully saturated rings. The molecule has 0 saturated carbocycles. The predicted molar refractivity (Wildman–Crippen MR) is 122 cm³/mol. The summed E-state index contributed by atoms with van der Waals surface area (Å²) < 4.78 is 97.5. The van der Waals surface area contributed by atoms with Crippen molar-refractivity contribution in [1.82, 2.24) is 5.32 Å². The second-order valence-electron chi connectivity index (χ2n) is 7.88. The van der Waals surface area contributed by atoms with Crippen LogP contribution in [0.25, 0.3) is 6.08 Å². The summed E-state index contributed by atoms with van der Waals surface area (Å²) in [7, 11) is -3.91. The average molecular weight is 521 g/mol. The molecule has 192 valence electrons. The van der Waals surface area contributed by atoms with Gasteiger partial charge in [0.1, 0.15) is 11.4 Å². The van der Waals surface area contributed by atoms with Crippen LogP contribution in [0.3, 0.4) is 0 Å². The zero-order chi connectivity index (χ0) is 26.6. The molecule has 0 bridgehead atoms. The lowest BCUT2D eigenvalue weighted by Gasteiger charge is -2.17. The third-order valence-corrected chi connectivity index (χ3v) is 5.44. The van der Waals surface area contributed by atoms with Gasteiger partial charge in [-0.3, -0.25) is 9.52 Å². The van der Waals surface area contributed by atoms with Crippen LogP contribution in [-0.2, 0) is 21.0 Å². The second-order valence-corrected chi connectivity index (χ2v) is 9.63. The van der Waals surface area contributed by atoms with Gasteiger partial charge in [-0.25, -0.2) is 17.2 Å². The van der Waals surface area contributed by atoms with E-state index >= 15 is 0 Å². The Morgan fingerprint density at radius 2 is 1.71 bits per heavy atom. The van der Waals surface area contributed by atoms with Crippen molar-refractivity contribution < 1.29 is 39.9 Å². The standard InChI is InChI=1S/C23H25F5N2O4S/c1-5-13(2)34-20-12-17(23(26,27)28)8-6-15(20)7-9-21(31)29-14(3)16-10-18(24)22(19(25)11-16)30-35(4,32)33/h6-14,30H,5H2,1-4H3,(H,29,31)/t13?,14-/m1/s1. The summed E-state index contributed by atoms with van der Waals surface area (Å²) in [5, 5.41) is 2.48. The van der Waals surface area contributed by atoms with Crippen molar-refractivity contribution in [2.45, 2.75) is 45.5 Å². The number of carbonyl (C=O) groups excluding carboxylic acids is 1. The third kappa shape index (κ3) is 8.23. The maximum atomic E-state index is 14.2. The van der Waals surface area contributed by atoms with Crippen LogP contribution < -0.4 is 14.8 Å². The molecule has 2 aromatic rings. The number of hydrogen-bond acceptors (Lipinski definition) is 4. The fourth-order valence-electron chi connectivity index (χ4n) is 2.89. The van der Waals surface area contributed by atoms with Crippen molar-refractivity contribution in [1.29, 1.82) is 0 Å². The summed E-state index contributed by atoms with van der Waals surface area (Å²) >= 11 is 0. The van der Waals surface area contributed by atoms with Crippen molar-refractivity contribution in [3.63, 3.8) is 0 Å². The van der Waals surface area contributed by atoms with Crippen LogP contribution in [-0.4, -0.2) is 26.7 Å². The molecule has 0 aliphatic carbocycles. The van der Waals surface area contributed by atoms with E-state index in [9.17, 15) is 35.2 Å². The summed E-state index contributed by atoms with van der Waals surface area (Å²) in [6.07, 6.45) is -1.34. The summed E-state index contributed by atoms with van der Waals surface area (Å²) in [5.41, 5.74) is -1.49. The van der Waals surface area contributed by atoms with Crippen LogP contribution in [0, 0.1) is 11.6 Å². The Hall–Kier alpha value is -3.15. The molecule has 2 N–H and O–H groups in total. The first-order valence-electron chi connectivity index (χ1n) is 10.4. The van der Waals surface area contributed by atoms with E-state index in [-0.39, 0.29) is 23.0 Å². The minimum Gasteiger partial charge on any atom is -0.490 e. The highest BCUT2D eigenvalue weighted by atomic mass is 32.2. The first-order valence-corrected chi connectivity index (χ1v) is 12.3. The highest BCUT2D eigenvalue weighted by Gasteiger charge is 2.31. The number of ether oxygens (including phenoxy) is 1. The monoisotopic (exact) mass is 520 g/mol. The van der Waals surface area contributed by atoms with Gasteiger partial charge in [-0.1, -0.05) is 13.0 Å². The number of hydrogen-bond donors (Lipinski definition) is 2. The highest BCUT2D eigenvalue weighted by Crippen LogP contribution is 2.34. The Bertz CT molecular complexity index is 1190. The number of nitrogens with one attached hydrogen (secondary N) is 2. The summed E-state index contributed by atoms with van der Waals surface area (Å²) in [6, 6.07) is 3.75. The van der Waals surface area contributed by atoms with E-state index < -0.39 is 51.0 Å². The maximum Gasteiger partial charge on any atom is 0.416 e. The van der Waals surface area contributed by atoms with Crippen LogP contribution in [0.5, 0.6) is 5.75 Å². The van der Waals surface area contributed by atoms with Crippen LogP contribution in [0.4, 0.5) is 27.6 Å². The zero-order valence-electron chi connectivity index (χ0n) is 19.3. The smallest absolute Gasteiger partial charge is 0.416 e. The molecular weight excluding hydrogens is 495 g/mol. The van der Waals surface area contributed by atoms with Gasteiger partial charge in [-0.05, 0) is 56.2 Å². The van der Waals surface area contributed by atoms with Gasteiger partial charge < -0.3 is 10.1 Å². The van der Waals surface area contributed by atoms with Crippen LogP contribution in [0.15, 0.2) is 36.4 Å². The number of carbonyl (C=O) groups is 1. The van der Waals surface area contributed by atoms with E-state index in [1.165, 1.54) is 19.1 Å². The molecule has 1 unspecified atom stereocenters. The third-order valence-electron chi connectivity index (χ3n) is 4.87. The molecule has 0 spiro atoms. The molecule has 1 amide bonds. The number of rotatable bonds is 9. The molecule has 0 radical (unpaired) electrons. The lowest BCUT2D eigenvalue weighted by molar-refractivity contribution is -0.137. The molecule has 0 aromatic heterocycles. The summed E-state index contributed by atoms with van der Waals surface area (Å²) in [4.78, 5) is 12.3. The Kier molecular flexibility index (Phi) is 8.88. The SMILES string of the molecule is CCC(C)Oc1cc(C(F)(F)F)ccc1C=CC(=O)N[C@H](C)c1cc(F)c(NS(C)(=O)=O)c(F)c1. The molecule has 0 aliphatic rings. The lowest BCUT2D eigenvalue weighted by Crippen LogP contribution is -2.25. The van der Waals surface area contributed by atoms with Crippen LogP contribution in [0.1, 0.15) is 49.9 Å². The molecule has 0 heterocycles. The average Bonchev–Trinajstić information content (AvgIpc) is 2.73. The highest BCUT2D eigenvalue weighted by molar-refractivity contribution is 7.92. The molecule has 2 aromatic carbocycles. The van der Waals surface area contributed by atoms with Gasteiger partial charge in [0.15, 0.2) is 11.6 Å². The number of benzene rings is 2. The Balaban J connectivity index is 2.21. The van der Waals surface area contributed by atoms with E-state index in [0.717, 1.165) is 36.6 Å². The Morgan fingerprint density at radius 1 is 1.11 bits per heavy atom. The number of halogens is 5. The molecular formula is C23H25F5N2O4S. The topological polar surface area (TPSA) is 84.5 Å². The van der Waals surface area contributed by atoms with Gasteiger partial charge in [0.25, 0.3) is 0 Å². The molecule has 0 saturated heterocycles. The molecule has 2 rings (SSSR count). The summed E-state index contributed by atoms with van der Waals surface area (Å²) in [5.74, 6) is -3.08. The predicted octanol–water partition coefficient (Wildman–Crippen LogP) is 5.42. The van der Waals surface area contributed by atoms with E-state index in [1.807, 2.05) is 0 Å². The fraction of sp³-hybridized carbons (Fsp3) is 0.348. The van der Waals surface area contributed by atoms with Crippen molar-refractivity contribution in [3.05, 3.63) is 64.7 Å². The van der Waals surface area contributed by atoms with Gasteiger partial charge in [0.05, 0.1) is 24.0 Å². The molecule has 2 atom stereocenters. The molecule has 35 heavy (non-hydrogen) atoms. The quantitative estimate of drug-likeness (QED) is 0.342. The normalized spacial score (nSPS) is 14.0. The Morgan fingerprint density at radius 3 is 2.23 bits per heavy atom. The fourth-order valence-corrected chi connectivity index (χ4v) is 3.45. The molecule has 0 aliphatic heterocycles. The molecule has 6 nitrogen and oxygen atoms in total. The minimum absolute atomic E-state index is 0.0242. The number of alkyl halides is 3. The number of amides is 1. The molecule has 12 heteroatoms. The van der Waals surface area contributed by atoms with E-state index in [0.29, 0.717) is 6.42 Å². The first kappa shape index (κ1) is 28.1. The van der Waals surface area contributed by atoms with Crippen molar-refractivity contribution in [2.24, 2.45) is 0 Å². The van der Waals surface area contributed by atoms with E-state index in [4.69, 9.17) is 4.74 Å². The van der Waals surface area contributed by atoms with E-state index in [1.54, 1.807) is 18.6 Å². The Labute approximate surface area is 200 Å². The van der Waals surface area contributed by atoms with Gasteiger partial charge in [0, 0.05) is 11.6 Å². The lowest BCUT2D eigenvalue weighted by atomic mass is 10.1. The first-order chi connectivity index (χ1) is 16.1. The maximum absolute atomic E-state index is 14.2. The summed E-state index contributed by atoms with van der Waals surface area (Å²) in [6.45, 7) is 4.94. The van der Waals surface area contributed by atoms with Crippen molar-refractivity contribution in [3.8, 4) is 5.75 Å². The van der Waals surface area contributed by atoms with Gasteiger partial charge in [0.2, 0.25) is 15.9 Å². The number of sulfonamides is 1. The van der Waals surface area contributed by atoms with Gasteiger partial charge in [-0.15, -0.1) is 0 Å². The number of anilines is 1. The van der Waals surface area contributed by atoms with Crippen molar-refractivity contribution in [2.75, 3.05) is 11.0 Å². The van der Waals surface area contributed by atoms with E-state index in [2.05, 4.69) is 5.32 Å². The van der Waals surface area contributed by atoms with Crippen molar-refractivity contribution >= 4 is 27.7 Å². The van der Waals surface area contributed by atoms with Gasteiger partial charge in [-0.2, -0.15) is 13.2 Å². The second kappa shape index (κ2) is 11.1. The van der Waals surface area contributed by atoms with Gasteiger partial charge >= 0.3 is 6.18 Å². The largest absolute Gasteiger partial charge is 0.490 e. The van der Waals surface area contributed by atoms with Crippen LogP contribution >= 0.6 is 0 Å².